The molecule has 0 spiro atoms. The molecule has 0 aliphatic carbocycles. The maximum Gasteiger partial charge on any atom is 0.122 e. The predicted octanol–water partition coefficient (Wildman–Crippen LogP) is 2.36. The van der Waals surface area contributed by atoms with Crippen LogP contribution in [0.25, 0.3) is 0 Å². The Kier molecular flexibility index (Phi) is 3.67. The standard InChI is InChI=1S/C14H18N2O2/c1-10-6-13(11(2)17)4-5-14(10)18-9-12-7-15-16(3)8-12/h4-8,11,17H,9H2,1-3H3/t11-/m1/s1. The van der Waals surface area contributed by atoms with Crippen molar-refractivity contribution in [1.29, 1.82) is 0 Å². The summed E-state index contributed by atoms with van der Waals surface area (Å²) in [6.45, 7) is 4.23. The van der Waals surface area contributed by atoms with E-state index in [4.69, 9.17) is 4.74 Å². The zero-order valence-corrected chi connectivity index (χ0v) is 10.9. The van der Waals surface area contributed by atoms with Gasteiger partial charge in [-0.15, -0.1) is 0 Å². The third-order valence-electron chi connectivity index (χ3n) is 2.83. The van der Waals surface area contributed by atoms with Gasteiger partial charge in [0.15, 0.2) is 0 Å². The van der Waals surface area contributed by atoms with Gasteiger partial charge in [-0.25, -0.2) is 0 Å². The predicted molar refractivity (Wildman–Crippen MR) is 69.4 cm³/mol. The molecule has 1 heterocycles. The third-order valence-corrected chi connectivity index (χ3v) is 2.83. The highest BCUT2D eigenvalue weighted by Crippen LogP contribution is 2.23. The Bertz CT molecular complexity index is 532. The van der Waals surface area contributed by atoms with Gasteiger partial charge in [0.2, 0.25) is 0 Å². The first-order valence-corrected chi connectivity index (χ1v) is 5.95. The van der Waals surface area contributed by atoms with E-state index in [1.165, 1.54) is 0 Å². The van der Waals surface area contributed by atoms with E-state index in [1.807, 2.05) is 38.4 Å². The number of aliphatic hydroxyl groups excluding tert-OH is 1. The molecule has 0 fully saturated rings. The van der Waals surface area contributed by atoms with E-state index < -0.39 is 6.10 Å². The lowest BCUT2D eigenvalue weighted by Crippen LogP contribution is -1.98. The number of ether oxygens (including phenoxy) is 1. The molecule has 0 amide bonds. The Morgan fingerprint density at radius 3 is 2.78 bits per heavy atom. The van der Waals surface area contributed by atoms with E-state index in [-0.39, 0.29) is 0 Å². The molecule has 0 aliphatic heterocycles. The van der Waals surface area contributed by atoms with Gasteiger partial charge in [0, 0.05) is 18.8 Å². The van der Waals surface area contributed by atoms with Crippen molar-refractivity contribution < 1.29 is 9.84 Å². The average molecular weight is 246 g/mol. The largest absolute Gasteiger partial charge is 0.489 e. The Morgan fingerprint density at radius 2 is 2.22 bits per heavy atom. The highest BCUT2D eigenvalue weighted by atomic mass is 16.5. The topological polar surface area (TPSA) is 47.3 Å². The lowest BCUT2D eigenvalue weighted by atomic mass is 10.1. The van der Waals surface area contributed by atoms with Gasteiger partial charge in [-0.05, 0) is 37.1 Å². The molecule has 0 saturated heterocycles. The summed E-state index contributed by atoms with van der Waals surface area (Å²) in [6.07, 6.45) is 3.27. The molecule has 1 aromatic carbocycles. The van der Waals surface area contributed by atoms with Gasteiger partial charge in [-0.1, -0.05) is 6.07 Å². The van der Waals surface area contributed by atoms with Gasteiger partial charge < -0.3 is 9.84 Å². The molecule has 2 rings (SSSR count). The van der Waals surface area contributed by atoms with Crippen molar-refractivity contribution in [3.05, 3.63) is 47.3 Å². The summed E-state index contributed by atoms with van der Waals surface area (Å²) in [5, 5.41) is 13.6. The molecular weight excluding hydrogens is 228 g/mol. The van der Waals surface area contributed by atoms with Gasteiger partial charge >= 0.3 is 0 Å². The van der Waals surface area contributed by atoms with Gasteiger partial charge in [-0.2, -0.15) is 5.10 Å². The van der Waals surface area contributed by atoms with Crippen molar-refractivity contribution >= 4 is 0 Å². The Labute approximate surface area is 107 Å². The van der Waals surface area contributed by atoms with E-state index in [9.17, 15) is 5.11 Å². The van der Waals surface area contributed by atoms with Crippen LogP contribution in [-0.4, -0.2) is 14.9 Å². The Morgan fingerprint density at radius 1 is 1.44 bits per heavy atom. The highest BCUT2D eigenvalue weighted by Gasteiger charge is 2.05. The molecule has 4 heteroatoms. The second-order valence-corrected chi connectivity index (χ2v) is 4.51. The minimum Gasteiger partial charge on any atom is -0.489 e. The van der Waals surface area contributed by atoms with Crippen molar-refractivity contribution in [1.82, 2.24) is 9.78 Å². The minimum atomic E-state index is -0.448. The summed E-state index contributed by atoms with van der Waals surface area (Å²) in [4.78, 5) is 0. The molecule has 2 aromatic rings. The van der Waals surface area contributed by atoms with Gasteiger partial charge in [0.1, 0.15) is 12.4 Å². The van der Waals surface area contributed by atoms with Crippen molar-refractivity contribution in [2.75, 3.05) is 0 Å². The summed E-state index contributed by atoms with van der Waals surface area (Å²) >= 11 is 0. The van der Waals surface area contributed by atoms with Crippen molar-refractivity contribution in [2.24, 2.45) is 7.05 Å². The summed E-state index contributed by atoms with van der Waals surface area (Å²) in [5.74, 6) is 0.836. The molecule has 1 N–H and O–H groups in total. The molecule has 0 saturated carbocycles. The van der Waals surface area contributed by atoms with Crippen molar-refractivity contribution in [3.63, 3.8) is 0 Å². The molecule has 1 aromatic heterocycles. The number of aliphatic hydroxyl groups is 1. The van der Waals surface area contributed by atoms with Crippen LogP contribution in [0, 0.1) is 6.92 Å². The third kappa shape index (κ3) is 2.90. The normalized spacial score (nSPS) is 12.4. The molecule has 4 nitrogen and oxygen atoms in total. The van der Waals surface area contributed by atoms with Crippen LogP contribution in [0.5, 0.6) is 5.75 Å². The van der Waals surface area contributed by atoms with E-state index in [2.05, 4.69) is 5.10 Å². The number of hydrogen-bond acceptors (Lipinski definition) is 3. The molecule has 1 atom stereocenters. The van der Waals surface area contributed by atoms with E-state index in [0.29, 0.717) is 6.61 Å². The van der Waals surface area contributed by atoms with Crippen molar-refractivity contribution in [3.8, 4) is 5.75 Å². The van der Waals surface area contributed by atoms with Gasteiger partial charge in [0.05, 0.1) is 12.3 Å². The molecule has 96 valence electrons. The molecular formula is C14H18N2O2. The Balaban J connectivity index is 2.05. The van der Waals surface area contributed by atoms with Crippen LogP contribution in [0.4, 0.5) is 0 Å². The fourth-order valence-electron chi connectivity index (χ4n) is 1.80. The molecule has 0 radical (unpaired) electrons. The van der Waals surface area contributed by atoms with Gasteiger partial charge in [-0.3, -0.25) is 4.68 Å². The quantitative estimate of drug-likeness (QED) is 0.900. The van der Waals surface area contributed by atoms with Crippen LogP contribution in [0.3, 0.4) is 0 Å². The van der Waals surface area contributed by atoms with Crippen LogP contribution in [0.2, 0.25) is 0 Å². The monoisotopic (exact) mass is 246 g/mol. The molecule has 0 aliphatic rings. The van der Waals surface area contributed by atoms with E-state index in [1.54, 1.807) is 17.8 Å². The SMILES string of the molecule is Cc1cc([C@@H](C)O)ccc1OCc1cnn(C)c1. The second kappa shape index (κ2) is 5.23. The zero-order valence-electron chi connectivity index (χ0n) is 10.9. The molecule has 18 heavy (non-hydrogen) atoms. The average Bonchev–Trinajstić information content (AvgIpc) is 2.73. The first-order chi connectivity index (χ1) is 8.56. The number of hydrogen-bond donors (Lipinski definition) is 1. The number of aryl methyl sites for hydroxylation is 2. The van der Waals surface area contributed by atoms with Gasteiger partial charge in [0.25, 0.3) is 0 Å². The minimum absolute atomic E-state index is 0.448. The Hall–Kier alpha value is -1.81. The fourth-order valence-corrected chi connectivity index (χ4v) is 1.80. The number of aromatic nitrogens is 2. The summed E-state index contributed by atoms with van der Waals surface area (Å²) < 4.78 is 7.49. The van der Waals surface area contributed by atoms with Crippen LogP contribution in [0.1, 0.15) is 29.7 Å². The second-order valence-electron chi connectivity index (χ2n) is 4.51. The summed E-state index contributed by atoms with van der Waals surface area (Å²) in [7, 11) is 1.88. The smallest absolute Gasteiger partial charge is 0.122 e. The fraction of sp³-hybridized carbons (Fsp3) is 0.357. The first kappa shape index (κ1) is 12.6. The maximum atomic E-state index is 9.50. The summed E-state index contributed by atoms with van der Waals surface area (Å²) in [5.41, 5.74) is 2.97. The first-order valence-electron chi connectivity index (χ1n) is 5.95. The van der Waals surface area contributed by atoms with Crippen molar-refractivity contribution in [2.45, 2.75) is 26.6 Å². The number of benzene rings is 1. The maximum absolute atomic E-state index is 9.50. The van der Waals surface area contributed by atoms with Crippen LogP contribution < -0.4 is 4.74 Å². The number of nitrogens with zero attached hydrogens (tertiary/aromatic N) is 2. The lowest BCUT2D eigenvalue weighted by Gasteiger charge is -2.11. The zero-order chi connectivity index (χ0) is 13.1. The van der Waals surface area contributed by atoms with Crippen LogP contribution >= 0.6 is 0 Å². The number of rotatable bonds is 4. The van der Waals surface area contributed by atoms with Crippen LogP contribution in [0.15, 0.2) is 30.6 Å². The van der Waals surface area contributed by atoms with E-state index in [0.717, 1.165) is 22.4 Å². The van der Waals surface area contributed by atoms with Crippen LogP contribution in [-0.2, 0) is 13.7 Å². The van der Waals surface area contributed by atoms with E-state index >= 15 is 0 Å². The highest BCUT2D eigenvalue weighted by molar-refractivity contribution is 5.37. The molecule has 0 unspecified atom stereocenters. The lowest BCUT2D eigenvalue weighted by molar-refractivity contribution is 0.199. The summed E-state index contributed by atoms with van der Waals surface area (Å²) in [6, 6.07) is 5.73. The molecule has 0 bridgehead atoms.